The third kappa shape index (κ3) is 4.61. The quantitative estimate of drug-likeness (QED) is 0.489. The van der Waals surface area contributed by atoms with Crippen LogP contribution >= 0.6 is 0 Å². The molecule has 1 aliphatic rings. The van der Waals surface area contributed by atoms with Gasteiger partial charge in [-0.25, -0.2) is 4.39 Å². The van der Waals surface area contributed by atoms with Crippen LogP contribution in [-0.4, -0.2) is 51.4 Å². The Morgan fingerprint density at radius 3 is 2.72 bits per heavy atom. The second-order valence-electron chi connectivity index (χ2n) is 7.81. The largest absolute Gasteiger partial charge is 0.505 e. The topological polar surface area (TPSA) is 115 Å². The Kier molecular flexibility index (Phi) is 6.16. The number of aromatic hydroxyl groups is 1. The number of nitrogens with one attached hydrogen (secondary N) is 2. The monoisotopic (exact) mass is 438 g/mol. The number of aromatic amines is 1. The summed E-state index contributed by atoms with van der Waals surface area (Å²) < 4.78 is 13.1. The van der Waals surface area contributed by atoms with Crippen molar-refractivity contribution >= 4 is 22.8 Å². The van der Waals surface area contributed by atoms with Gasteiger partial charge in [-0.1, -0.05) is 12.1 Å². The average Bonchev–Trinajstić information content (AvgIpc) is 3.17. The molecular formula is C23H23FN4O4. The van der Waals surface area contributed by atoms with E-state index < -0.39 is 22.8 Å². The lowest BCUT2D eigenvalue weighted by atomic mass is 10.1. The number of nitrogens with zero attached hydrogens (tertiary/aromatic N) is 2. The molecule has 1 saturated heterocycles. The molecule has 9 heteroatoms. The molecule has 4 rings (SSSR count). The maximum atomic E-state index is 13.1. The molecule has 0 aliphatic carbocycles. The highest BCUT2D eigenvalue weighted by Crippen LogP contribution is 2.24. The first-order valence-corrected chi connectivity index (χ1v) is 10.5. The molecule has 8 nitrogen and oxygen atoms in total. The lowest BCUT2D eigenvalue weighted by molar-refractivity contribution is -0.127. The van der Waals surface area contributed by atoms with E-state index in [-0.39, 0.29) is 23.8 Å². The van der Waals surface area contributed by atoms with Crippen LogP contribution in [-0.2, 0) is 11.2 Å². The Bertz CT molecular complexity index is 1220. The molecule has 2 aromatic heterocycles. The number of benzene rings is 1. The molecule has 0 spiro atoms. The first-order valence-electron chi connectivity index (χ1n) is 10.5. The number of hydrogen-bond donors (Lipinski definition) is 3. The highest BCUT2D eigenvalue weighted by Gasteiger charge is 2.21. The summed E-state index contributed by atoms with van der Waals surface area (Å²) in [5.74, 6) is -1.39. The molecule has 1 aromatic carbocycles. The molecule has 0 atom stereocenters. The van der Waals surface area contributed by atoms with E-state index in [2.05, 4.69) is 15.3 Å². The smallest absolute Gasteiger partial charge is 0.265 e. The molecule has 0 radical (unpaired) electrons. The zero-order valence-electron chi connectivity index (χ0n) is 17.4. The van der Waals surface area contributed by atoms with Gasteiger partial charge in [0.25, 0.3) is 11.5 Å². The molecule has 1 fully saturated rings. The van der Waals surface area contributed by atoms with Crippen LogP contribution in [0.2, 0.25) is 0 Å². The lowest BCUT2D eigenvalue weighted by Gasteiger charge is -2.15. The summed E-state index contributed by atoms with van der Waals surface area (Å²) >= 11 is 0. The van der Waals surface area contributed by atoms with Crippen LogP contribution in [0.5, 0.6) is 5.75 Å². The van der Waals surface area contributed by atoms with Gasteiger partial charge in [0, 0.05) is 32.3 Å². The number of H-pyrrole nitrogens is 1. The molecule has 3 aromatic rings. The first kappa shape index (κ1) is 21.5. The van der Waals surface area contributed by atoms with Crippen LogP contribution in [0, 0.1) is 5.82 Å². The highest BCUT2D eigenvalue weighted by molar-refractivity contribution is 6.01. The summed E-state index contributed by atoms with van der Waals surface area (Å²) in [5.41, 5.74) is 0.923. The number of rotatable bonds is 7. The molecule has 166 valence electrons. The van der Waals surface area contributed by atoms with Crippen LogP contribution in [0.1, 0.15) is 40.7 Å². The second-order valence-corrected chi connectivity index (χ2v) is 7.81. The van der Waals surface area contributed by atoms with Crippen LogP contribution in [0.25, 0.3) is 11.0 Å². The molecule has 3 N–H and O–H groups in total. The second kappa shape index (κ2) is 9.17. The average molecular weight is 438 g/mol. The zero-order valence-corrected chi connectivity index (χ0v) is 17.4. The van der Waals surface area contributed by atoms with E-state index in [1.807, 2.05) is 0 Å². The molecule has 3 heterocycles. The molecule has 32 heavy (non-hydrogen) atoms. The number of amides is 2. The normalized spacial score (nSPS) is 13.7. The van der Waals surface area contributed by atoms with E-state index in [9.17, 15) is 23.9 Å². The SMILES string of the molecule is O=C(NCCCN1CCCC1=O)c1c(O)c2ncc(Cc3ccc(F)cc3)cc2[nH]c1=O. The van der Waals surface area contributed by atoms with Crippen molar-refractivity contribution < 1.29 is 19.1 Å². The van der Waals surface area contributed by atoms with Crippen molar-refractivity contribution in [3.8, 4) is 5.75 Å². The van der Waals surface area contributed by atoms with Crippen molar-refractivity contribution in [3.05, 3.63) is 69.4 Å². The van der Waals surface area contributed by atoms with Crippen LogP contribution in [0.15, 0.2) is 41.3 Å². The van der Waals surface area contributed by atoms with E-state index in [1.54, 1.807) is 29.3 Å². The number of likely N-dealkylation sites (tertiary alicyclic amines) is 1. The fraction of sp³-hybridized carbons (Fsp3) is 0.304. The number of aromatic nitrogens is 2. The van der Waals surface area contributed by atoms with Gasteiger partial charge in [-0.2, -0.15) is 0 Å². The summed E-state index contributed by atoms with van der Waals surface area (Å²) in [6.07, 6.45) is 3.97. The summed E-state index contributed by atoms with van der Waals surface area (Å²) in [6.45, 7) is 1.54. The Labute approximate surface area is 183 Å². The number of hydrogen-bond acceptors (Lipinski definition) is 5. The number of pyridine rings is 2. The third-order valence-electron chi connectivity index (χ3n) is 5.49. The van der Waals surface area contributed by atoms with Gasteiger partial charge in [0.15, 0.2) is 5.75 Å². The van der Waals surface area contributed by atoms with E-state index >= 15 is 0 Å². The standard InChI is InChI=1S/C23H23FN4O4/c24-16-6-4-14(5-7-16)11-15-12-17-20(26-13-15)21(30)19(23(32)27-17)22(31)25-8-2-10-28-9-1-3-18(28)29/h4-7,12-13H,1-3,8-11H2,(H,25,31)(H2,27,30,32). The van der Waals surface area contributed by atoms with Crippen molar-refractivity contribution in [3.63, 3.8) is 0 Å². The van der Waals surface area contributed by atoms with Gasteiger partial charge in [-0.05, 0) is 48.6 Å². The number of carbonyl (C=O) groups excluding carboxylic acids is 2. The molecule has 0 saturated carbocycles. The van der Waals surface area contributed by atoms with Crippen LogP contribution in [0.3, 0.4) is 0 Å². The predicted molar refractivity (Wildman–Crippen MR) is 116 cm³/mol. The van der Waals surface area contributed by atoms with Crippen LogP contribution < -0.4 is 10.9 Å². The molecule has 2 amide bonds. The maximum absolute atomic E-state index is 13.1. The van der Waals surface area contributed by atoms with Crippen molar-refractivity contribution in [2.45, 2.75) is 25.7 Å². The van der Waals surface area contributed by atoms with Gasteiger partial charge in [0.05, 0.1) is 5.52 Å². The van der Waals surface area contributed by atoms with Crippen molar-refractivity contribution in [2.75, 3.05) is 19.6 Å². The summed E-state index contributed by atoms with van der Waals surface area (Å²) in [5, 5.41) is 13.2. The van der Waals surface area contributed by atoms with Crippen molar-refractivity contribution in [2.24, 2.45) is 0 Å². The maximum Gasteiger partial charge on any atom is 0.265 e. The lowest BCUT2D eigenvalue weighted by Crippen LogP contribution is -2.33. The van der Waals surface area contributed by atoms with Gasteiger partial charge < -0.3 is 20.3 Å². The van der Waals surface area contributed by atoms with E-state index in [4.69, 9.17) is 0 Å². The number of carbonyl (C=O) groups is 2. The summed E-state index contributed by atoms with van der Waals surface area (Å²) in [7, 11) is 0. The van der Waals surface area contributed by atoms with Gasteiger partial charge in [0.2, 0.25) is 5.91 Å². The number of fused-ring (bicyclic) bond motifs is 1. The molecule has 0 bridgehead atoms. The van der Waals surface area contributed by atoms with Gasteiger partial charge in [-0.3, -0.25) is 19.4 Å². The Morgan fingerprint density at radius 1 is 1.22 bits per heavy atom. The minimum Gasteiger partial charge on any atom is -0.505 e. The fourth-order valence-electron chi connectivity index (χ4n) is 3.85. The summed E-state index contributed by atoms with van der Waals surface area (Å²) in [4.78, 5) is 45.2. The van der Waals surface area contributed by atoms with Gasteiger partial charge >= 0.3 is 0 Å². The Balaban J connectivity index is 1.46. The van der Waals surface area contributed by atoms with E-state index in [1.165, 1.54) is 12.1 Å². The zero-order chi connectivity index (χ0) is 22.7. The van der Waals surface area contributed by atoms with Crippen molar-refractivity contribution in [1.82, 2.24) is 20.2 Å². The van der Waals surface area contributed by atoms with Crippen molar-refractivity contribution in [1.29, 1.82) is 0 Å². The van der Waals surface area contributed by atoms with Gasteiger partial charge in [-0.15, -0.1) is 0 Å². The van der Waals surface area contributed by atoms with Crippen LogP contribution in [0.4, 0.5) is 4.39 Å². The summed E-state index contributed by atoms with van der Waals surface area (Å²) in [6, 6.07) is 7.72. The Hall–Kier alpha value is -3.75. The van der Waals surface area contributed by atoms with E-state index in [0.29, 0.717) is 31.3 Å². The Morgan fingerprint density at radius 2 is 2.00 bits per heavy atom. The third-order valence-corrected chi connectivity index (χ3v) is 5.49. The minimum absolute atomic E-state index is 0.111. The van der Waals surface area contributed by atoms with Gasteiger partial charge in [0.1, 0.15) is 16.9 Å². The minimum atomic E-state index is -0.719. The van der Waals surface area contributed by atoms with E-state index in [0.717, 1.165) is 24.1 Å². The first-order chi connectivity index (χ1) is 15.4. The molecule has 0 unspecified atom stereocenters. The fourth-order valence-corrected chi connectivity index (χ4v) is 3.85. The molecule has 1 aliphatic heterocycles. The highest BCUT2D eigenvalue weighted by atomic mass is 19.1. The molecular weight excluding hydrogens is 415 g/mol. The number of halogens is 1. The predicted octanol–water partition coefficient (Wildman–Crippen LogP) is 2.10.